The number of carbonyl (C=O) groups is 1. The normalized spacial score (nSPS) is 12.4. The van der Waals surface area contributed by atoms with Gasteiger partial charge in [-0.25, -0.2) is 0 Å². The Hall–Kier alpha value is -2.23. The number of primary amides is 1. The fourth-order valence-corrected chi connectivity index (χ4v) is 3.66. The van der Waals surface area contributed by atoms with Crippen LogP contribution >= 0.6 is 0 Å². The van der Waals surface area contributed by atoms with Gasteiger partial charge in [0.05, 0.1) is 5.56 Å². The van der Waals surface area contributed by atoms with Gasteiger partial charge in [0.1, 0.15) is 5.75 Å². The number of hydrogen-bond acceptors (Lipinski definition) is 2. The van der Waals surface area contributed by atoms with Crippen molar-refractivity contribution in [3.63, 3.8) is 0 Å². The fraction of sp³-hybridized carbons (Fsp3) is 0.542. The smallest absolute Gasteiger partial charge is 0.250 e. The molecule has 154 valence electrons. The minimum Gasteiger partial charge on any atom is -0.507 e. The molecule has 1 heterocycles. The predicted molar refractivity (Wildman–Crippen MR) is 117 cm³/mol. The quantitative estimate of drug-likeness (QED) is 0.698. The van der Waals surface area contributed by atoms with Crippen LogP contribution in [0.15, 0.2) is 18.2 Å². The van der Waals surface area contributed by atoms with Gasteiger partial charge in [-0.15, -0.1) is 0 Å². The average Bonchev–Trinajstić information content (AvgIpc) is 2.88. The number of hydrogen-bond donors (Lipinski definition) is 2. The minimum atomic E-state index is -0.403. The number of phenols is 1. The first-order chi connectivity index (χ1) is 12.8. The molecular formula is C24H36N2O2. The van der Waals surface area contributed by atoms with Gasteiger partial charge in [0.25, 0.3) is 5.91 Å². The number of rotatable bonds is 5. The van der Waals surface area contributed by atoms with Crippen molar-refractivity contribution < 1.29 is 9.90 Å². The number of nitrogens with zero attached hydrogens (tertiary/aromatic N) is 1. The number of unbranched alkanes of at least 4 members (excludes halogenated alkanes) is 1. The third-order valence-corrected chi connectivity index (χ3v) is 5.39. The molecule has 2 aromatic rings. The van der Waals surface area contributed by atoms with Crippen molar-refractivity contribution in [3.8, 4) is 17.0 Å². The Bertz CT molecular complexity index is 842. The molecular weight excluding hydrogens is 348 g/mol. The van der Waals surface area contributed by atoms with Crippen LogP contribution in [0.3, 0.4) is 0 Å². The molecule has 0 atom stereocenters. The largest absolute Gasteiger partial charge is 0.507 e. The average molecular weight is 385 g/mol. The van der Waals surface area contributed by atoms with E-state index in [9.17, 15) is 9.90 Å². The summed E-state index contributed by atoms with van der Waals surface area (Å²) in [6, 6.07) is 6.03. The second-order valence-corrected chi connectivity index (χ2v) is 9.82. The minimum absolute atomic E-state index is 0.206. The van der Waals surface area contributed by atoms with Crippen LogP contribution in [0.4, 0.5) is 0 Å². The van der Waals surface area contributed by atoms with Crippen molar-refractivity contribution in [2.24, 2.45) is 5.73 Å². The molecule has 1 aromatic carbocycles. The van der Waals surface area contributed by atoms with Crippen molar-refractivity contribution in [1.82, 2.24) is 4.57 Å². The van der Waals surface area contributed by atoms with E-state index in [1.165, 1.54) is 0 Å². The molecule has 4 nitrogen and oxygen atoms in total. The molecule has 0 saturated heterocycles. The van der Waals surface area contributed by atoms with E-state index < -0.39 is 5.91 Å². The molecule has 0 fully saturated rings. The second kappa shape index (κ2) is 7.65. The zero-order valence-corrected chi connectivity index (χ0v) is 18.7. The maximum Gasteiger partial charge on any atom is 0.250 e. The third-order valence-electron chi connectivity index (χ3n) is 5.39. The predicted octanol–water partition coefficient (Wildman–Crippen LogP) is 5.66. The highest BCUT2D eigenvalue weighted by molar-refractivity contribution is 5.95. The van der Waals surface area contributed by atoms with Gasteiger partial charge in [-0.05, 0) is 47.9 Å². The summed E-state index contributed by atoms with van der Waals surface area (Å²) in [6.45, 7) is 17.6. The highest BCUT2D eigenvalue weighted by Gasteiger charge is 2.28. The molecule has 0 spiro atoms. The van der Waals surface area contributed by atoms with Crippen LogP contribution in [0.2, 0.25) is 0 Å². The van der Waals surface area contributed by atoms with Gasteiger partial charge >= 0.3 is 0 Å². The summed E-state index contributed by atoms with van der Waals surface area (Å²) in [5.74, 6) is -0.0397. The number of aromatic hydroxyl groups is 1. The highest BCUT2D eigenvalue weighted by atomic mass is 16.3. The fourth-order valence-electron chi connectivity index (χ4n) is 3.66. The monoisotopic (exact) mass is 384 g/mol. The van der Waals surface area contributed by atoms with E-state index in [1.807, 2.05) is 13.0 Å². The summed E-state index contributed by atoms with van der Waals surface area (Å²) in [5, 5.41) is 11.0. The van der Waals surface area contributed by atoms with Gasteiger partial charge in [-0.3, -0.25) is 4.79 Å². The molecule has 28 heavy (non-hydrogen) atoms. The lowest BCUT2D eigenvalue weighted by atomic mass is 9.78. The van der Waals surface area contributed by atoms with Crippen LogP contribution in [0.5, 0.6) is 5.75 Å². The Morgan fingerprint density at radius 2 is 1.54 bits per heavy atom. The Labute approximate surface area is 169 Å². The Balaban J connectivity index is 2.84. The summed E-state index contributed by atoms with van der Waals surface area (Å²) >= 11 is 0. The number of carbonyl (C=O) groups excluding carboxylic acids is 1. The zero-order chi connectivity index (χ0) is 21.4. The van der Waals surface area contributed by atoms with E-state index in [0.29, 0.717) is 11.3 Å². The highest BCUT2D eigenvalue weighted by Crippen LogP contribution is 2.42. The third kappa shape index (κ3) is 4.26. The number of benzene rings is 1. The molecule has 0 saturated carbocycles. The van der Waals surface area contributed by atoms with Crippen LogP contribution in [0.25, 0.3) is 11.3 Å². The lowest BCUT2D eigenvalue weighted by Crippen LogP contribution is -2.17. The van der Waals surface area contributed by atoms with Crippen LogP contribution in [0.1, 0.15) is 88.5 Å². The summed E-state index contributed by atoms with van der Waals surface area (Å²) in [7, 11) is 0. The Morgan fingerprint density at radius 3 is 1.93 bits per heavy atom. The first-order valence-corrected chi connectivity index (χ1v) is 10.2. The first kappa shape index (κ1) is 22.1. The maximum atomic E-state index is 12.0. The molecule has 1 aromatic heterocycles. The molecule has 0 radical (unpaired) electrons. The second-order valence-electron chi connectivity index (χ2n) is 9.82. The van der Waals surface area contributed by atoms with Gasteiger partial charge < -0.3 is 15.4 Å². The lowest BCUT2D eigenvalue weighted by Gasteiger charge is -2.28. The van der Waals surface area contributed by atoms with E-state index in [2.05, 4.69) is 65.2 Å². The number of phenolic OH excluding ortho intramolecular Hbond substituents is 1. The number of aromatic nitrogens is 1. The van der Waals surface area contributed by atoms with Crippen LogP contribution in [-0.2, 0) is 17.4 Å². The zero-order valence-electron chi connectivity index (χ0n) is 18.7. The van der Waals surface area contributed by atoms with Crippen molar-refractivity contribution in [2.75, 3.05) is 0 Å². The van der Waals surface area contributed by atoms with E-state index >= 15 is 0 Å². The summed E-state index contributed by atoms with van der Waals surface area (Å²) in [5.41, 5.74) is 10.5. The molecule has 0 bridgehead atoms. The van der Waals surface area contributed by atoms with Crippen molar-refractivity contribution in [3.05, 3.63) is 40.6 Å². The molecule has 0 aliphatic rings. The molecule has 4 heteroatoms. The van der Waals surface area contributed by atoms with E-state index in [0.717, 1.165) is 47.5 Å². The summed E-state index contributed by atoms with van der Waals surface area (Å²) < 4.78 is 2.19. The van der Waals surface area contributed by atoms with Gasteiger partial charge in [0.15, 0.2) is 0 Å². The van der Waals surface area contributed by atoms with Crippen LogP contribution in [-0.4, -0.2) is 15.6 Å². The standard InChI is InChI=1S/C24H36N2O2/c1-9-10-11-26-15(2)17(22(25)28)14-20(26)16-12-18(23(3,4)5)21(27)19(13-16)24(6,7)8/h12-14,27H,9-11H2,1-8H3,(H2,25,28). The van der Waals surface area contributed by atoms with Crippen molar-refractivity contribution >= 4 is 5.91 Å². The summed E-state index contributed by atoms with van der Waals surface area (Å²) in [4.78, 5) is 12.0. The van der Waals surface area contributed by atoms with E-state index in [4.69, 9.17) is 5.73 Å². The van der Waals surface area contributed by atoms with Crippen LogP contribution in [0, 0.1) is 6.92 Å². The first-order valence-electron chi connectivity index (χ1n) is 10.2. The van der Waals surface area contributed by atoms with E-state index in [1.54, 1.807) is 0 Å². The topological polar surface area (TPSA) is 68.2 Å². The van der Waals surface area contributed by atoms with Gasteiger partial charge in [-0.2, -0.15) is 0 Å². The van der Waals surface area contributed by atoms with Gasteiger partial charge in [-0.1, -0.05) is 54.9 Å². The van der Waals surface area contributed by atoms with Crippen molar-refractivity contribution in [1.29, 1.82) is 0 Å². The van der Waals surface area contributed by atoms with Crippen LogP contribution < -0.4 is 5.73 Å². The molecule has 3 N–H and O–H groups in total. The Kier molecular flexibility index (Phi) is 6.03. The molecule has 0 unspecified atom stereocenters. The van der Waals surface area contributed by atoms with Gasteiger partial charge in [0, 0.05) is 29.1 Å². The van der Waals surface area contributed by atoms with Gasteiger partial charge in [0.2, 0.25) is 0 Å². The summed E-state index contributed by atoms with van der Waals surface area (Å²) in [6.07, 6.45) is 2.09. The molecule has 2 rings (SSSR count). The SMILES string of the molecule is CCCCn1c(-c2cc(C(C)(C)C)c(O)c(C(C)(C)C)c2)cc(C(N)=O)c1C. The maximum absolute atomic E-state index is 12.0. The molecule has 0 aliphatic carbocycles. The Morgan fingerprint density at radius 1 is 1.04 bits per heavy atom. The van der Waals surface area contributed by atoms with E-state index in [-0.39, 0.29) is 10.8 Å². The molecule has 1 amide bonds. The number of nitrogens with two attached hydrogens (primary N) is 1. The van der Waals surface area contributed by atoms with Crippen molar-refractivity contribution in [2.45, 2.75) is 85.6 Å². The number of amides is 1. The lowest BCUT2D eigenvalue weighted by molar-refractivity contribution is 0.0999. The molecule has 0 aliphatic heterocycles.